The first-order valence-electron chi connectivity index (χ1n) is 7.41. The Morgan fingerprint density at radius 2 is 2.11 bits per heavy atom. The average molecular weight is 268 g/mol. The number of amides is 2. The van der Waals surface area contributed by atoms with Gasteiger partial charge in [-0.05, 0) is 38.5 Å². The molecule has 2 rings (SSSR count). The van der Waals surface area contributed by atoms with Crippen molar-refractivity contribution < 1.29 is 14.3 Å². The number of piperidine rings is 1. The Labute approximate surface area is 114 Å². The summed E-state index contributed by atoms with van der Waals surface area (Å²) in [5, 5.41) is 2.80. The second-order valence-electron chi connectivity index (χ2n) is 5.44. The predicted molar refractivity (Wildman–Crippen MR) is 71.7 cm³/mol. The van der Waals surface area contributed by atoms with Gasteiger partial charge in [0.2, 0.25) is 0 Å². The van der Waals surface area contributed by atoms with E-state index in [1.807, 2.05) is 6.92 Å². The number of nitrogens with one attached hydrogen (secondary N) is 1. The first-order valence-corrected chi connectivity index (χ1v) is 7.41. The molecule has 2 amide bonds. The molecular formula is C14H24N2O3. The highest BCUT2D eigenvalue weighted by Crippen LogP contribution is 2.42. The molecule has 1 aliphatic heterocycles. The molecule has 0 radical (unpaired) electrons. The van der Waals surface area contributed by atoms with Gasteiger partial charge in [0.15, 0.2) is 0 Å². The minimum Gasteiger partial charge on any atom is -0.464 e. The third-order valence-electron chi connectivity index (χ3n) is 4.13. The molecule has 2 fully saturated rings. The van der Waals surface area contributed by atoms with Crippen molar-refractivity contribution in [3.05, 3.63) is 0 Å². The highest BCUT2D eigenvalue weighted by Gasteiger charge is 2.51. The highest BCUT2D eigenvalue weighted by molar-refractivity contribution is 5.85. The smallest absolute Gasteiger partial charge is 0.329 e. The van der Waals surface area contributed by atoms with Crippen LogP contribution in [0.4, 0.5) is 4.79 Å². The summed E-state index contributed by atoms with van der Waals surface area (Å²) in [5.74, 6) is 0.0774. The van der Waals surface area contributed by atoms with Crippen LogP contribution in [0.15, 0.2) is 0 Å². The molecule has 0 aromatic carbocycles. The number of ether oxygens (including phenoxy) is 1. The van der Waals surface area contributed by atoms with Gasteiger partial charge >= 0.3 is 12.0 Å². The molecule has 108 valence electrons. The third-order valence-corrected chi connectivity index (χ3v) is 4.13. The van der Waals surface area contributed by atoms with Gasteiger partial charge in [-0.2, -0.15) is 0 Å². The molecular weight excluding hydrogens is 244 g/mol. The summed E-state index contributed by atoms with van der Waals surface area (Å²) in [5.41, 5.74) is 0. The van der Waals surface area contributed by atoms with E-state index in [4.69, 9.17) is 4.74 Å². The summed E-state index contributed by atoms with van der Waals surface area (Å²) >= 11 is 0. The predicted octanol–water partition coefficient (Wildman–Crippen LogP) is 1.91. The Morgan fingerprint density at radius 3 is 2.79 bits per heavy atom. The van der Waals surface area contributed by atoms with Crippen LogP contribution in [0, 0.1) is 5.92 Å². The monoisotopic (exact) mass is 268 g/mol. The fraction of sp³-hybridized carbons (Fsp3) is 0.857. The Balaban J connectivity index is 1.99. The van der Waals surface area contributed by atoms with E-state index < -0.39 is 0 Å². The molecule has 1 saturated carbocycles. The van der Waals surface area contributed by atoms with E-state index in [1.165, 1.54) is 0 Å². The Hall–Kier alpha value is -1.26. The van der Waals surface area contributed by atoms with E-state index in [1.54, 1.807) is 4.90 Å². The van der Waals surface area contributed by atoms with E-state index in [-0.39, 0.29) is 24.1 Å². The van der Waals surface area contributed by atoms with E-state index in [9.17, 15) is 9.59 Å². The minimum absolute atomic E-state index is 0.118. The number of hydrogen-bond acceptors (Lipinski definition) is 3. The molecule has 3 atom stereocenters. The van der Waals surface area contributed by atoms with E-state index >= 15 is 0 Å². The van der Waals surface area contributed by atoms with Crippen LogP contribution in [0.3, 0.4) is 0 Å². The normalized spacial score (nSPS) is 28.5. The maximum absolute atomic E-state index is 12.2. The average Bonchev–Trinajstić information content (AvgIpc) is 2.99. The lowest BCUT2D eigenvalue weighted by molar-refractivity contribution is -0.150. The van der Waals surface area contributed by atoms with Gasteiger partial charge in [0.1, 0.15) is 6.04 Å². The second-order valence-corrected chi connectivity index (χ2v) is 5.44. The van der Waals surface area contributed by atoms with Crippen molar-refractivity contribution in [3.8, 4) is 0 Å². The quantitative estimate of drug-likeness (QED) is 0.612. The minimum atomic E-state index is -0.359. The number of hydrogen-bond donors (Lipinski definition) is 1. The van der Waals surface area contributed by atoms with Gasteiger partial charge in [-0.1, -0.05) is 13.3 Å². The number of likely N-dealkylation sites (tertiary alicyclic amines) is 1. The zero-order valence-electron chi connectivity index (χ0n) is 11.9. The molecule has 1 saturated heterocycles. The number of rotatable bonds is 5. The van der Waals surface area contributed by atoms with Gasteiger partial charge in [0.25, 0.3) is 0 Å². The zero-order chi connectivity index (χ0) is 13.8. The van der Waals surface area contributed by atoms with Crippen molar-refractivity contribution >= 4 is 12.0 Å². The summed E-state index contributed by atoms with van der Waals surface area (Å²) < 4.78 is 5.32. The maximum Gasteiger partial charge on any atom is 0.329 e. The van der Waals surface area contributed by atoms with Crippen LogP contribution in [0.5, 0.6) is 0 Å². The van der Waals surface area contributed by atoms with Crippen molar-refractivity contribution in [1.29, 1.82) is 0 Å². The van der Waals surface area contributed by atoms with E-state index in [0.29, 0.717) is 19.1 Å². The van der Waals surface area contributed by atoms with Gasteiger partial charge in [-0.3, -0.25) is 0 Å². The summed E-state index contributed by atoms with van der Waals surface area (Å²) in [6.07, 6.45) is 4.89. The molecule has 0 aromatic heterocycles. The Kier molecular flexibility index (Phi) is 4.66. The van der Waals surface area contributed by atoms with Crippen LogP contribution in [0.2, 0.25) is 0 Å². The van der Waals surface area contributed by atoms with Crippen LogP contribution < -0.4 is 5.32 Å². The lowest BCUT2D eigenvalue weighted by Gasteiger charge is -2.33. The molecule has 5 heteroatoms. The second kappa shape index (κ2) is 6.26. The first-order chi connectivity index (χ1) is 9.19. The number of nitrogens with zero attached hydrogens (tertiary/aromatic N) is 1. The summed E-state index contributed by atoms with van der Waals surface area (Å²) in [6, 6.07) is -0.255. The summed E-state index contributed by atoms with van der Waals surface area (Å²) in [6.45, 7) is 5.00. The third kappa shape index (κ3) is 2.85. The molecule has 1 aliphatic carbocycles. The van der Waals surface area contributed by atoms with Crippen molar-refractivity contribution in [1.82, 2.24) is 10.2 Å². The van der Waals surface area contributed by atoms with Crippen LogP contribution in [0.1, 0.15) is 46.0 Å². The first kappa shape index (κ1) is 14.2. The SMILES string of the molecule is CCCCOC(=O)[C@@H]1[C@H]2CC[C@@H](C2)N1C(=O)NCC. The van der Waals surface area contributed by atoms with Gasteiger partial charge in [0, 0.05) is 12.6 Å². The lowest BCUT2D eigenvalue weighted by atomic mass is 9.99. The van der Waals surface area contributed by atoms with E-state index in [0.717, 1.165) is 32.1 Å². The molecule has 1 N–H and O–H groups in total. The molecule has 0 aromatic rings. The van der Waals surface area contributed by atoms with Crippen molar-refractivity contribution in [2.45, 2.75) is 58.0 Å². The van der Waals surface area contributed by atoms with Crippen molar-refractivity contribution in [2.24, 2.45) is 5.92 Å². The number of urea groups is 1. The highest BCUT2D eigenvalue weighted by atomic mass is 16.5. The molecule has 0 unspecified atom stereocenters. The van der Waals surface area contributed by atoms with Crippen LogP contribution in [-0.2, 0) is 9.53 Å². The number of unbranched alkanes of at least 4 members (excludes halogenated alkanes) is 1. The molecule has 5 nitrogen and oxygen atoms in total. The maximum atomic E-state index is 12.2. The lowest BCUT2D eigenvalue weighted by Crippen LogP contribution is -2.53. The fourth-order valence-electron chi connectivity index (χ4n) is 3.23. The van der Waals surface area contributed by atoms with Crippen molar-refractivity contribution in [3.63, 3.8) is 0 Å². The molecule has 19 heavy (non-hydrogen) atoms. The van der Waals surface area contributed by atoms with Gasteiger partial charge in [-0.15, -0.1) is 0 Å². The number of carbonyl (C=O) groups excluding carboxylic acids is 2. The number of esters is 1. The van der Waals surface area contributed by atoms with Gasteiger partial charge in [-0.25, -0.2) is 9.59 Å². The van der Waals surface area contributed by atoms with Crippen LogP contribution in [0.25, 0.3) is 0 Å². The Bertz CT molecular complexity index is 346. The van der Waals surface area contributed by atoms with E-state index in [2.05, 4.69) is 12.2 Å². The standard InChI is InChI=1S/C14H24N2O3/c1-3-5-8-19-13(17)12-10-6-7-11(9-10)16(12)14(18)15-4-2/h10-12H,3-9H2,1-2H3,(H,15,18)/t10-,11-,12-/m0/s1. The van der Waals surface area contributed by atoms with Crippen molar-refractivity contribution in [2.75, 3.05) is 13.2 Å². The topological polar surface area (TPSA) is 58.6 Å². The van der Waals surface area contributed by atoms with Crippen LogP contribution >= 0.6 is 0 Å². The molecule has 0 spiro atoms. The number of carbonyl (C=O) groups is 2. The molecule has 1 heterocycles. The number of fused-ring (bicyclic) bond motifs is 2. The molecule has 2 aliphatic rings. The summed E-state index contributed by atoms with van der Waals surface area (Å²) in [4.78, 5) is 26.0. The fourth-order valence-corrected chi connectivity index (χ4v) is 3.23. The van der Waals surface area contributed by atoms with Gasteiger partial charge < -0.3 is 15.0 Å². The summed E-state index contributed by atoms with van der Waals surface area (Å²) in [7, 11) is 0. The van der Waals surface area contributed by atoms with Gasteiger partial charge in [0.05, 0.1) is 6.61 Å². The largest absolute Gasteiger partial charge is 0.464 e. The zero-order valence-corrected chi connectivity index (χ0v) is 11.9. The molecule has 2 bridgehead atoms. The Morgan fingerprint density at radius 1 is 1.32 bits per heavy atom. The van der Waals surface area contributed by atoms with Crippen LogP contribution in [-0.4, -0.2) is 42.1 Å².